The highest BCUT2D eigenvalue weighted by molar-refractivity contribution is 5.36. The van der Waals surface area contributed by atoms with Crippen molar-refractivity contribution in [2.24, 2.45) is 17.8 Å². The molecule has 2 aliphatic carbocycles. The molecular weight excluding hydrogens is 200 g/mol. The highest BCUT2D eigenvalue weighted by Crippen LogP contribution is 2.49. The van der Waals surface area contributed by atoms with Gasteiger partial charge in [-0.1, -0.05) is 0 Å². The molecule has 2 saturated carbocycles. The molecule has 1 aromatic rings. The van der Waals surface area contributed by atoms with Crippen LogP contribution in [0.3, 0.4) is 0 Å². The number of nitrogens with zero attached hydrogens (tertiary/aromatic N) is 2. The topological polar surface area (TPSA) is 63.8 Å². The van der Waals surface area contributed by atoms with Crippen LogP contribution in [-0.2, 0) is 0 Å². The molecule has 3 N–H and O–H groups in total. The summed E-state index contributed by atoms with van der Waals surface area (Å²) in [5, 5.41) is 3.39. The molecule has 0 radical (unpaired) electrons. The zero-order chi connectivity index (χ0) is 11.0. The molecule has 0 aromatic carbocycles. The molecular formula is C12H18N4. The normalized spacial score (nSPS) is 20.1. The number of hydrogen-bond donors (Lipinski definition) is 2. The molecule has 0 spiro atoms. The van der Waals surface area contributed by atoms with E-state index in [4.69, 9.17) is 5.73 Å². The van der Waals surface area contributed by atoms with E-state index in [1.807, 2.05) is 0 Å². The van der Waals surface area contributed by atoms with Crippen molar-refractivity contribution in [2.75, 3.05) is 17.6 Å². The summed E-state index contributed by atoms with van der Waals surface area (Å²) in [7, 11) is 0. The van der Waals surface area contributed by atoms with Crippen LogP contribution in [0.5, 0.6) is 0 Å². The highest BCUT2D eigenvalue weighted by atomic mass is 15.0. The lowest BCUT2D eigenvalue weighted by molar-refractivity contribution is 0.427. The summed E-state index contributed by atoms with van der Waals surface area (Å²) in [5.74, 6) is 4.13. The number of nitrogen functional groups attached to an aromatic ring is 1. The van der Waals surface area contributed by atoms with Crippen molar-refractivity contribution in [1.82, 2.24) is 9.97 Å². The Morgan fingerprint density at radius 1 is 1.19 bits per heavy atom. The molecule has 1 heterocycles. The van der Waals surface area contributed by atoms with E-state index in [2.05, 4.69) is 15.3 Å². The Morgan fingerprint density at radius 3 is 2.38 bits per heavy atom. The Bertz CT molecular complexity index is 342. The Balaban J connectivity index is 1.56. The molecule has 0 unspecified atom stereocenters. The van der Waals surface area contributed by atoms with Crippen LogP contribution in [0.4, 0.5) is 11.6 Å². The minimum Gasteiger partial charge on any atom is -0.382 e. The van der Waals surface area contributed by atoms with Crippen molar-refractivity contribution < 1.29 is 0 Å². The Morgan fingerprint density at radius 2 is 1.88 bits per heavy atom. The second-order valence-electron chi connectivity index (χ2n) is 5.05. The van der Waals surface area contributed by atoms with E-state index in [1.165, 1.54) is 25.7 Å². The fourth-order valence-corrected chi connectivity index (χ4v) is 2.42. The van der Waals surface area contributed by atoms with Gasteiger partial charge in [-0.05, 0) is 43.4 Å². The number of nitrogens with one attached hydrogen (secondary N) is 1. The first-order valence-electron chi connectivity index (χ1n) is 6.14. The fourth-order valence-electron chi connectivity index (χ4n) is 2.42. The van der Waals surface area contributed by atoms with Gasteiger partial charge in [0.15, 0.2) is 0 Å². The second kappa shape index (κ2) is 3.92. The average Bonchev–Trinajstić information content (AvgIpc) is 3.15. The van der Waals surface area contributed by atoms with Gasteiger partial charge in [-0.3, -0.25) is 0 Å². The first-order valence-corrected chi connectivity index (χ1v) is 6.14. The summed E-state index contributed by atoms with van der Waals surface area (Å²) in [6.45, 7) is 1.05. The number of nitrogens with two attached hydrogens (primary N) is 1. The first kappa shape index (κ1) is 9.87. The molecule has 0 atom stereocenters. The zero-order valence-corrected chi connectivity index (χ0v) is 9.39. The minimum absolute atomic E-state index is 0.478. The Hall–Kier alpha value is -1.32. The molecule has 0 bridgehead atoms. The van der Waals surface area contributed by atoms with Crippen molar-refractivity contribution in [3.05, 3.63) is 12.4 Å². The minimum atomic E-state index is 0.478. The molecule has 3 rings (SSSR count). The number of anilines is 2. The second-order valence-corrected chi connectivity index (χ2v) is 5.05. The van der Waals surface area contributed by atoms with Crippen LogP contribution in [-0.4, -0.2) is 16.5 Å². The molecule has 16 heavy (non-hydrogen) atoms. The van der Waals surface area contributed by atoms with Gasteiger partial charge in [0.2, 0.25) is 0 Å². The number of aromatic nitrogens is 2. The maximum atomic E-state index is 5.50. The Kier molecular flexibility index (Phi) is 2.42. The van der Waals surface area contributed by atoms with E-state index < -0.39 is 0 Å². The van der Waals surface area contributed by atoms with Crippen molar-refractivity contribution in [2.45, 2.75) is 25.7 Å². The molecule has 1 aromatic heterocycles. The quantitative estimate of drug-likeness (QED) is 0.792. The predicted octanol–water partition coefficient (Wildman–Crippen LogP) is 1.91. The summed E-state index contributed by atoms with van der Waals surface area (Å²) in [6, 6.07) is 0. The molecule has 2 aliphatic rings. The summed E-state index contributed by atoms with van der Waals surface area (Å²) in [4.78, 5) is 8.24. The van der Waals surface area contributed by atoms with Gasteiger partial charge in [-0.25, -0.2) is 9.97 Å². The first-order chi connectivity index (χ1) is 7.83. The van der Waals surface area contributed by atoms with Gasteiger partial charge in [-0.2, -0.15) is 0 Å². The van der Waals surface area contributed by atoms with Gasteiger partial charge < -0.3 is 11.1 Å². The standard InChI is InChI=1S/C12H18N4/c13-11-6-16-12(7-14-11)15-5-10(8-1-2-8)9-3-4-9/h6-10H,1-5H2,(H2,13,14)(H,15,16). The smallest absolute Gasteiger partial charge is 0.144 e. The van der Waals surface area contributed by atoms with E-state index in [0.29, 0.717) is 5.82 Å². The van der Waals surface area contributed by atoms with Gasteiger partial charge in [0.25, 0.3) is 0 Å². The third-order valence-electron chi connectivity index (χ3n) is 3.65. The highest BCUT2D eigenvalue weighted by Gasteiger charge is 2.40. The van der Waals surface area contributed by atoms with Crippen molar-refractivity contribution in [3.63, 3.8) is 0 Å². The number of hydrogen-bond acceptors (Lipinski definition) is 4. The van der Waals surface area contributed by atoms with Gasteiger partial charge >= 0.3 is 0 Å². The maximum Gasteiger partial charge on any atom is 0.144 e. The third kappa shape index (κ3) is 2.26. The SMILES string of the molecule is Nc1cnc(NCC(C2CC2)C2CC2)cn1. The van der Waals surface area contributed by atoms with Crippen molar-refractivity contribution >= 4 is 11.6 Å². The van der Waals surface area contributed by atoms with Crippen LogP contribution in [0, 0.1) is 17.8 Å². The predicted molar refractivity (Wildman–Crippen MR) is 63.9 cm³/mol. The van der Waals surface area contributed by atoms with Crippen LogP contribution >= 0.6 is 0 Å². The van der Waals surface area contributed by atoms with E-state index in [0.717, 1.165) is 30.1 Å². The average molecular weight is 218 g/mol. The fraction of sp³-hybridized carbons (Fsp3) is 0.667. The van der Waals surface area contributed by atoms with Gasteiger partial charge in [0.1, 0.15) is 11.6 Å². The number of rotatable bonds is 5. The van der Waals surface area contributed by atoms with Crippen molar-refractivity contribution in [1.29, 1.82) is 0 Å². The summed E-state index contributed by atoms with van der Waals surface area (Å²) < 4.78 is 0. The molecule has 0 aliphatic heterocycles. The van der Waals surface area contributed by atoms with Crippen LogP contribution in [0.25, 0.3) is 0 Å². The van der Waals surface area contributed by atoms with E-state index >= 15 is 0 Å². The lowest BCUT2D eigenvalue weighted by Gasteiger charge is -2.16. The van der Waals surface area contributed by atoms with Crippen LogP contribution in [0.2, 0.25) is 0 Å². The van der Waals surface area contributed by atoms with Crippen molar-refractivity contribution in [3.8, 4) is 0 Å². The maximum absolute atomic E-state index is 5.50. The van der Waals surface area contributed by atoms with Crippen LogP contribution < -0.4 is 11.1 Å². The molecule has 4 nitrogen and oxygen atoms in total. The monoisotopic (exact) mass is 218 g/mol. The molecule has 4 heteroatoms. The molecule has 0 amide bonds. The van der Waals surface area contributed by atoms with E-state index in [9.17, 15) is 0 Å². The summed E-state index contributed by atoms with van der Waals surface area (Å²) in [5.41, 5.74) is 5.50. The third-order valence-corrected chi connectivity index (χ3v) is 3.65. The summed E-state index contributed by atoms with van der Waals surface area (Å²) in [6.07, 6.45) is 9.02. The van der Waals surface area contributed by atoms with Gasteiger partial charge in [-0.15, -0.1) is 0 Å². The van der Waals surface area contributed by atoms with Gasteiger partial charge in [0.05, 0.1) is 12.4 Å². The van der Waals surface area contributed by atoms with E-state index in [-0.39, 0.29) is 0 Å². The summed E-state index contributed by atoms with van der Waals surface area (Å²) >= 11 is 0. The molecule has 2 fully saturated rings. The lowest BCUT2D eigenvalue weighted by atomic mass is 9.98. The zero-order valence-electron chi connectivity index (χ0n) is 9.39. The molecule has 0 saturated heterocycles. The molecule has 86 valence electrons. The lowest BCUT2D eigenvalue weighted by Crippen LogP contribution is -2.18. The van der Waals surface area contributed by atoms with Crippen LogP contribution in [0.1, 0.15) is 25.7 Å². The van der Waals surface area contributed by atoms with Gasteiger partial charge in [0, 0.05) is 6.54 Å². The van der Waals surface area contributed by atoms with E-state index in [1.54, 1.807) is 12.4 Å². The Labute approximate surface area is 95.7 Å². The van der Waals surface area contributed by atoms with Crippen LogP contribution in [0.15, 0.2) is 12.4 Å². The largest absolute Gasteiger partial charge is 0.382 e.